The SMILES string of the molecule is Cc1ccc(-c2c3c(cc[n+]2C)C(C)(C)CC3(C)C)c(C)c1.Cc1ccc(-c2c3c(cc[n+]2C)C2CCC3C2)c(C)c1.[2H]C([2H])([2H])c1ccc(-c2c3c(cc[n+]2C)C2([2H])CCC3([2H])C2(C)C)c(C)c1.[2H]C([2H])([2H])c1ccc(-c2c3c(cc[n+]2C)C2([2H])CCC3([2H])C2)c(C)c1. The molecule has 4 heterocycles. The molecule has 0 radical (unpaired) electrons. The second kappa shape index (κ2) is 21.5. The fourth-order valence-electron chi connectivity index (χ4n) is 17.2. The number of nitrogens with zero attached hydrogens (tertiary/aromatic N) is 4. The summed E-state index contributed by atoms with van der Waals surface area (Å²) >= 11 is 0. The Kier molecular flexibility index (Phi) is 11.9. The highest BCUT2D eigenvalue weighted by molar-refractivity contribution is 5.72. The molecule has 0 aliphatic heterocycles. The summed E-state index contributed by atoms with van der Waals surface area (Å²) in [7, 11) is 8.29. The van der Waals surface area contributed by atoms with E-state index in [-0.39, 0.29) is 10.8 Å². The average Bonchev–Trinajstić information content (AvgIpc) is 1.50. The third-order valence-corrected chi connectivity index (χ3v) is 20.8. The summed E-state index contributed by atoms with van der Waals surface area (Å²) in [5, 5.41) is 0. The van der Waals surface area contributed by atoms with Gasteiger partial charge in [0.1, 0.15) is 28.2 Å². The van der Waals surface area contributed by atoms with Gasteiger partial charge in [-0.25, -0.2) is 18.3 Å². The first kappa shape index (κ1) is 46.7. The van der Waals surface area contributed by atoms with E-state index in [0.717, 1.165) is 74.2 Å². The molecule has 4 aromatic heterocycles. The number of hydrogen-bond acceptors (Lipinski definition) is 0. The normalized spacial score (nSPS) is 27.8. The summed E-state index contributed by atoms with van der Waals surface area (Å²) in [6.07, 6.45) is 17.2. The predicted octanol–water partition coefficient (Wildman–Crippen LogP) is 17.9. The monoisotopic (exact) mass is 1120 g/mol. The van der Waals surface area contributed by atoms with Crippen LogP contribution in [0, 0.1) is 60.7 Å². The van der Waals surface area contributed by atoms with Gasteiger partial charge in [-0.2, -0.15) is 0 Å². The molecular weight excluding hydrogens is 1020 g/mol. The van der Waals surface area contributed by atoms with E-state index in [2.05, 4.69) is 140 Å². The molecule has 0 spiro atoms. The Morgan fingerprint density at radius 3 is 1.40 bits per heavy atom. The molecule has 0 saturated heterocycles. The molecule has 8 aromatic rings. The summed E-state index contributed by atoms with van der Waals surface area (Å²) in [6, 6.07) is 32.9. The number of benzene rings is 4. The van der Waals surface area contributed by atoms with E-state index >= 15 is 0 Å². The standard InChI is InChI=1S/C21H26N.C21H28N.2C19H22N/c1-13-6-7-15(14(2)12-13)20-19-16(10-11-22(20)5)17-8-9-18(19)21(17,3)4;1-14-8-9-16(15(2)12-14)19-18-17(10-11-22(19)7)20(3,4)13-21(18,5)6;2*1-12-4-7-16(13(2)10-12)19-18-15-6-5-14(11-15)17(18)8-9-20(19)3/h6-7,10-12,17-18H,8-9H2,1-5H3;8-12H,13H2,1-7H3;2*4,7-10,14-15H,5-6,11H2,1-3H3/q4*+1/i1D3,17D,18D;;1D3,14D,15D;. The van der Waals surface area contributed by atoms with Crippen molar-refractivity contribution < 1.29 is 32.0 Å². The minimum absolute atomic E-state index is 0.213. The Labute approximate surface area is 520 Å². The zero-order valence-electron chi connectivity index (χ0n) is 63.4. The van der Waals surface area contributed by atoms with Gasteiger partial charge in [0.05, 0.1) is 0 Å². The van der Waals surface area contributed by atoms with Crippen LogP contribution in [-0.4, -0.2) is 0 Å². The van der Waals surface area contributed by atoms with Crippen molar-refractivity contribution in [3.8, 4) is 45.0 Å². The predicted molar refractivity (Wildman–Crippen MR) is 348 cm³/mol. The Morgan fingerprint density at radius 2 is 0.845 bits per heavy atom. The lowest BCUT2D eigenvalue weighted by molar-refractivity contribution is -0.661. The minimum Gasteiger partial charge on any atom is -0.201 e. The van der Waals surface area contributed by atoms with Crippen molar-refractivity contribution in [2.45, 2.75) is 201 Å². The molecular formula is C80H98N4+4. The third-order valence-electron chi connectivity index (χ3n) is 20.8. The minimum atomic E-state index is -2.13. The van der Waals surface area contributed by atoms with Crippen LogP contribution in [0.2, 0.25) is 0 Å². The van der Waals surface area contributed by atoms with Gasteiger partial charge in [0, 0.05) is 82.5 Å². The second-order valence-corrected chi connectivity index (χ2v) is 28.1. The number of hydrogen-bond donors (Lipinski definition) is 0. The Morgan fingerprint density at radius 1 is 0.405 bits per heavy atom. The molecule has 6 bridgehead atoms. The molecule has 6 unspecified atom stereocenters. The van der Waals surface area contributed by atoms with Crippen LogP contribution in [0.25, 0.3) is 45.0 Å². The van der Waals surface area contributed by atoms with E-state index in [1.165, 1.54) is 81.6 Å². The molecule has 7 aliphatic rings. The van der Waals surface area contributed by atoms with Crippen LogP contribution in [0.3, 0.4) is 0 Å². The molecule has 7 aliphatic carbocycles. The molecule has 4 nitrogen and oxygen atoms in total. The van der Waals surface area contributed by atoms with Crippen molar-refractivity contribution in [3.63, 3.8) is 0 Å². The summed E-state index contributed by atoms with van der Waals surface area (Å²) in [6.45, 7) is 22.1. The zero-order valence-corrected chi connectivity index (χ0v) is 53.4. The van der Waals surface area contributed by atoms with Gasteiger partial charge in [0.15, 0.2) is 24.8 Å². The summed E-state index contributed by atoms with van der Waals surface area (Å²) < 4.78 is 90.7. The van der Waals surface area contributed by atoms with Gasteiger partial charge in [-0.3, -0.25) is 0 Å². The lowest BCUT2D eigenvalue weighted by Gasteiger charge is -2.24. The second-order valence-electron chi connectivity index (χ2n) is 28.1. The number of pyridine rings is 4. The van der Waals surface area contributed by atoms with Crippen LogP contribution in [0.5, 0.6) is 0 Å². The van der Waals surface area contributed by atoms with Crippen LogP contribution in [0.4, 0.5) is 0 Å². The first-order valence-corrected chi connectivity index (χ1v) is 31.2. The van der Waals surface area contributed by atoms with Crippen molar-refractivity contribution >= 4 is 0 Å². The molecule has 3 saturated carbocycles. The van der Waals surface area contributed by atoms with Crippen LogP contribution in [0.15, 0.2) is 122 Å². The van der Waals surface area contributed by atoms with Crippen LogP contribution in [-0.2, 0) is 39.0 Å². The molecule has 84 heavy (non-hydrogen) atoms. The van der Waals surface area contributed by atoms with E-state index in [1.807, 2.05) is 87.6 Å². The van der Waals surface area contributed by atoms with Crippen LogP contribution in [0.1, 0.15) is 237 Å². The van der Waals surface area contributed by atoms with Crippen molar-refractivity contribution in [2.75, 3.05) is 0 Å². The van der Waals surface area contributed by atoms with Gasteiger partial charge >= 0.3 is 0 Å². The summed E-state index contributed by atoms with van der Waals surface area (Å²) in [5.74, 6) is -1.28. The van der Waals surface area contributed by atoms with Gasteiger partial charge in [0.25, 0.3) is 0 Å². The average molecular weight is 1130 g/mol. The van der Waals surface area contributed by atoms with Crippen LogP contribution < -0.4 is 18.3 Å². The lowest BCUT2D eigenvalue weighted by Crippen LogP contribution is -2.34. The van der Waals surface area contributed by atoms with E-state index in [0.29, 0.717) is 36.8 Å². The number of aryl methyl sites for hydroxylation is 12. The highest BCUT2D eigenvalue weighted by atomic mass is 14.9. The zero-order chi connectivity index (χ0) is 68.3. The van der Waals surface area contributed by atoms with Gasteiger partial charge in [-0.1, -0.05) is 112 Å². The highest BCUT2D eigenvalue weighted by Gasteiger charge is 2.54. The van der Waals surface area contributed by atoms with Crippen LogP contribution >= 0.6 is 0 Å². The Balaban J connectivity index is 0.000000121. The number of rotatable bonds is 4. The third kappa shape index (κ3) is 9.82. The molecule has 3 fully saturated rings. The van der Waals surface area contributed by atoms with Gasteiger partial charge in [-0.15, -0.1) is 0 Å². The molecule has 15 rings (SSSR count). The fraction of sp³-hybridized carbons (Fsp3) is 0.450. The maximum absolute atomic E-state index is 9.36. The first-order valence-electron chi connectivity index (χ1n) is 36.2. The van der Waals surface area contributed by atoms with Crippen molar-refractivity contribution in [2.24, 2.45) is 33.6 Å². The van der Waals surface area contributed by atoms with E-state index in [4.69, 9.17) is 11.0 Å². The van der Waals surface area contributed by atoms with Crippen molar-refractivity contribution in [3.05, 3.63) is 211 Å². The largest absolute Gasteiger partial charge is 0.216 e. The maximum Gasteiger partial charge on any atom is 0.216 e. The maximum atomic E-state index is 9.36. The van der Waals surface area contributed by atoms with Gasteiger partial charge < -0.3 is 0 Å². The summed E-state index contributed by atoms with van der Waals surface area (Å²) in [5.41, 5.74) is 27.5. The quantitative estimate of drug-likeness (QED) is 0.156. The van der Waals surface area contributed by atoms with Gasteiger partial charge in [0.2, 0.25) is 22.8 Å². The molecule has 0 amide bonds. The summed E-state index contributed by atoms with van der Waals surface area (Å²) in [4.78, 5) is 0. The van der Waals surface area contributed by atoms with Gasteiger partial charge in [-0.05, 0) is 233 Å². The fourth-order valence-corrected chi connectivity index (χ4v) is 17.2. The van der Waals surface area contributed by atoms with E-state index in [1.54, 1.807) is 35.4 Å². The molecule has 0 N–H and O–H groups in total. The Hall–Kier alpha value is -6.52. The number of fused-ring (bicyclic) bond motifs is 16. The number of aromatic nitrogens is 4. The lowest BCUT2D eigenvalue weighted by atomic mass is 9.79. The first-order chi connectivity index (χ1) is 43.7. The molecule has 6 atom stereocenters. The smallest absolute Gasteiger partial charge is 0.201 e. The van der Waals surface area contributed by atoms with Crippen molar-refractivity contribution in [1.29, 1.82) is 0 Å². The molecule has 4 aromatic carbocycles. The molecule has 434 valence electrons. The Bertz CT molecular complexity index is 4420. The van der Waals surface area contributed by atoms with E-state index in [9.17, 15) is 2.74 Å². The molecule has 4 heteroatoms. The highest BCUT2D eigenvalue weighted by Crippen LogP contribution is 2.65. The van der Waals surface area contributed by atoms with Crippen molar-refractivity contribution in [1.82, 2.24) is 0 Å². The van der Waals surface area contributed by atoms with E-state index < -0.39 is 42.7 Å². The topological polar surface area (TPSA) is 15.5 Å².